The van der Waals surface area contributed by atoms with E-state index in [-0.39, 0.29) is 24.6 Å². The van der Waals surface area contributed by atoms with E-state index in [0.29, 0.717) is 17.2 Å². The topological polar surface area (TPSA) is 109 Å². The number of carbonyl (C=O) groups is 2. The standard InChI is InChI=1S/C22H19N3O6/c1-14(21(27)23-16-7-9-18-19(11-16)30-13-29-18)31-22(28)17-8-10-20(26)25(24-17)12-15-5-3-2-4-6-15/h2-11,14H,12-13H2,1H3,(H,23,27). The lowest BCUT2D eigenvalue weighted by molar-refractivity contribution is -0.123. The summed E-state index contributed by atoms with van der Waals surface area (Å²) in [5, 5.41) is 6.72. The molecule has 2 aromatic carbocycles. The molecule has 3 aromatic rings. The number of ether oxygens (including phenoxy) is 3. The Labute approximate surface area is 177 Å². The fraction of sp³-hybridized carbons (Fsp3) is 0.182. The molecular weight excluding hydrogens is 402 g/mol. The van der Waals surface area contributed by atoms with Gasteiger partial charge in [-0.25, -0.2) is 9.48 Å². The van der Waals surface area contributed by atoms with Crippen LogP contribution in [0.15, 0.2) is 65.5 Å². The summed E-state index contributed by atoms with van der Waals surface area (Å²) >= 11 is 0. The number of rotatable bonds is 6. The summed E-state index contributed by atoms with van der Waals surface area (Å²) in [5.41, 5.74) is 0.915. The first-order valence-electron chi connectivity index (χ1n) is 9.53. The molecule has 2 heterocycles. The average Bonchev–Trinajstić information content (AvgIpc) is 3.24. The van der Waals surface area contributed by atoms with Crippen molar-refractivity contribution in [1.82, 2.24) is 9.78 Å². The van der Waals surface area contributed by atoms with Crippen LogP contribution >= 0.6 is 0 Å². The van der Waals surface area contributed by atoms with Crippen LogP contribution in [0.4, 0.5) is 5.69 Å². The molecule has 9 nitrogen and oxygen atoms in total. The van der Waals surface area contributed by atoms with Crippen molar-refractivity contribution in [1.29, 1.82) is 0 Å². The van der Waals surface area contributed by atoms with Crippen LogP contribution in [-0.2, 0) is 16.1 Å². The summed E-state index contributed by atoms with van der Waals surface area (Å²) < 4.78 is 16.9. The quantitative estimate of drug-likeness (QED) is 0.608. The Morgan fingerprint density at radius 1 is 1.10 bits per heavy atom. The van der Waals surface area contributed by atoms with Crippen LogP contribution in [0.25, 0.3) is 0 Å². The molecule has 31 heavy (non-hydrogen) atoms. The molecule has 1 atom stereocenters. The van der Waals surface area contributed by atoms with Crippen LogP contribution < -0.4 is 20.3 Å². The lowest BCUT2D eigenvalue weighted by Gasteiger charge is -2.14. The maximum atomic E-state index is 12.5. The predicted octanol–water partition coefficient (Wildman–Crippen LogP) is 2.20. The first kappa shape index (κ1) is 20.1. The average molecular weight is 421 g/mol. The minimum absolute atomic E-state index is 0.0711. The summed E-state index contributed by atoms with van der Waals surface area (Å²) in [6.07, 6.45) is -1.09. The van der Waals surface area contributed by atoms with Gasteiger partial charge in [-0.3, -0.25) is 9.59 Å². The van der Waals surface area contributed by atoms with Gasteiger partial charge in [0.15, 0.2) is 23.3 Å². The van der Waals surface area contributed by atoms with E-state index in [2.05, 4.69) is 10.4 Å². The monoisotopic (exact) mass is 421 g/mol. The number of hydrogen-bond donors (Lipinski definition) is 1. The van der Waals surface area contributed by atoms with Gasteiger partial charge in [-0.15, -0.1) is 0 Å². The Kier molecular flexibility index (Phi) is 5.65. The Bertz CT molecular complexity index is 1180. The molecule has 0 radical (unpaired) electrons. The highest BCUT2D eigenvalue weighted by atomic mass is 16.7. The molecule has 4 rings (SSSR count). The summed E-state index contributed by atoms with van der Waals surface area (Å²) in [5.74, 6) is -0.221. The van der Waals surface area contributed by atoms with Crippen LogP contribution in [0.3, 0.4) is 0 Å². The lowest BCUT2D eigenvalue weighted by atomic mass is 10.2. The van der Waals surface area contributed by atoms with Crippen molar-refractivity contribution in [2.45, 2.75) is 19.6 Å². The van der Waals surface area contributed by atoms with E-state index in [1.54, 1.807) is 18.2 Å². The van der Waals surface area contributed by atoms with Crippen molar-refractivity contribution in [2.24, 2.45) is 0 Å². The van der Waals surface area contributed by atoms with E-state index in [1.165, 1.54) is 23.7 Å². The number of nitrogens with one attached hydrogen (secondary N) is 1. The summed E-state index contributed by atoms with van der Waals surface area (Å²) in [6.45, 7) is 1.78. The highest BCUT2D eigenvalue weighted by Crippen LogP contribution is 2.34. The molecule has 0 spiro atoms. The molecule has 1 amide bonds. The smallest absolute Gasteiger partial charge is 0.359 e. The second-order valence-corrected chi connectivity index (χ2v) is 6.80. The fourth-order valence-electron chi connectivity index (χ4n) is 2.92. The minimum Gasteiger partial charge on any atom is -0.454 e. The van der Waals surface area contributed by atoms with Crippen LogP contribution in [0.2, 0.25) is 0 Å². The van der Waals surface area contributed by atoms with Crippen molar-refractivity contribution in [3.05, 3.63) is 82.3 Å². The first-order valence-corrected chi connectivity index (χ1v) is 9.53. The molecular formula is C22H19N3O6. The van der Waals surface area contributed by atoms with Gasteiger partial charge in [0.05, 0.1) is 6.54 Å². The van der Waals surface area contributed by atoms with Gasteiger partial charge in [0, 0.05) is 17.8 Å². The number of fused-ring (bicyclic) bond motifs is 1. The van der Waals surface area contributed by atoms with Crippen molar-refractivity contribution in [3.63, 3.8) is 0 Å². The molecule has 1 aromatic heterocycles. The largest absolute Gasteiger partial charge is 0.454 e. The number of hydrogen-bond acceptors (Lipinski definition) is 7. The van der Waals surface area contributed by atoms with Crippen LogP contribution in [0, 0.1) is 0 Å². The molecule has 1 aliphatic rings. The third-order valence-electron chi connectivity index (χ3n) is 4.54. The predicted molar refractivity (Wildman–Crippen MR) is 110 cm³/mol. The number of esters is 1. The van der Waals surface area contributed by atoms with Gasteiger partial charge in [0.1, 0.15) is 0 Å². The summed E-state index contributed by atoms with van der Waals surface area (Å²) in [4.78, 5) is 36.9. The number of anilines is 1. The molecule has 0 fully saturated rings. The molecule has 1 unspecified atom stereocenters. The van der Waals surface area contributed by atoms with E-state index in [4.69, 9.17) is 14.2 Å². The third kappa shape index (κ3) is 4.72. The Balaban J connectivity index is 1.40. The van der Waals surface area contributed by atoms with Gasteiger partial charge in [-0.2, -0.15) is 5.10 Å². The zero-order valence-corrected chi connectivity index (χ0v) is 16.6. The van der Waals surface area contributed by atoms with Crippen molar-refractivity contribution >= 4 is 17.6 Å². The Morgan fingerprint density at radius 2 is 1.87 bits per heavy atom. The van der Waals surface area contributed by atoms with E-state index >= 15 is 0 Å². The molecule has 1 aliphatic heterocycles. The highest BCUT2D eigenvalue weighted by molar-refractivity contribution is 5.97. The molecule has 9 heteroatoms. The molecule has 1 N–H and O–H groups in total. The van der Waals surface area contributed by atoms with Gasteiger partial charge in [0.2, 0.25) is 6.79 Å². The van der Waals surface area contributed by atoms with Crippen LogP contribution in [0.5, 0.6) is 11.5 Å². The van der Waals surface area contributed by atoms with Crippen LogP contribution in [0.1, 0.15) is 23.0 Å². The van der Waals surface area contributed by atoms with Gasteiger partial charge >= 0.3 is 5.97 Å². The van der Waals surface area contributed by atoms with Crippen LogP contribution in [-0.4, -0.2) is 34.6 Å². The zero-order valence-electron chi connectivity index (χ0n) is 16.6. The number of benzene rings is 2. The molecule has 158 valence electrons. The Morgan fingerprint density at radius 3 is 2.68 bits per heavy atom. The normalized spacial score (nSPS) is 12.8. The maximum Gasteiger partial charge on any atom is 0.359 e. The van der Waals surface area contributed by atoms with Gasteiger partial charge in [-0.1, -0.05) is 30.3 Å². The fourth-order valence-corrected chi connectivity index (χ4v) is 2.92. The number of nitrogens with zero attached hydrogens (tertiary/aromatic N) is 2. The maximum absolute atomic E-state index is 12.5. The van der Waals surface area contributed by atoms with E-state index in [9.17, 15) is 14.4 Å². The third-order valence-corrected chi connectivity index (χ3v) is 4.54. The van der Waals surface area contributed by atoms with E-state index in [0.717, 1.165) is 5.56 Å². The van der Waals surface area contributed by atoms with Crippen molar-refractivity contribution < 1.29 is 23.8 Å². The number of amides is 1. The summed E-state index contributed by atoms with van der Waals surface area (Å²) in [6, 6.07) is 16.7. The van der Waals surface area contributed by atoms with E-state index in [1.807, 2.05) is 30.3 Å². The number of aromatic nitrogens is 2. The molecule has 0 bridgehead atoms. The molecule has 0 saturated carbocycles. The zero-order chi connectivity index (χ0) is 21.8. The second-order valence-electron chi connectivity index (χ2n) is 6.80. The Hall–Kier alpha value is -4.14. The minimum atomic E-state index is -1.09. The molecule has 0 aliphatic carbocycles. The molecule has 0 saturated heterocycles. The van der Waals surface area contributed by atoms with Crippen molar-refractivity contribution in [2.75, 3.05) is 12.1 Å². The summed E-state index contributed by atoms with van der Waals surface area (Å²) in [7, 11) is 0. The second kappa shape index (κ2) is 8.70. The van der Waals surface area contributed by atoms with Crippen molar-refractivity contribution in [3.8, 4) is 11.5 Å². The van der Waals surface area contributed by atoms with E-state index < -0.39 is 18.0 Å². The lowest BCUT2D eigenvalue weighted by Crippen LogP contribution is -2.31. The first-order chi connectivity index (χ1) is 15.0. The SMILES string of the molecule is CC(OC(=O)c1ccc(=O)n(Cc2ccccc2)n1)C(=O)Nc1ccc2c(c1)OCO2. The number of carbonyl (C=O) groups excluding carboxylic acids is 2. The highest BCUT2D eigenvalue weighted by Gasteiger charge is 2.22. The van der Waals surface area contributed by atoms with Gasteiger partial charge in [0.25, 0.3) is 11.5 Å². The van der Waals surface area contributed by atoms with Gasteiger partial charge < -0.3 is 19.5 Å². The van der Waals surface area contributed by atoms with Gasteiger partial charge in [-0.05, 0) is 30.7 Å².